The van der Waals surface area contributed by atoms with E-state index in [0.29, 0.717) is 36.5 Å². The van der Waals surface area contributed by atoms with Crippen LogP contribution in [0, 0.1) is 12.7 Å². The number of aromatic nitrogens is 1. The Labute approximate surface area is 233 Å². The van der Waals surface area contributed by atoms with E-state index in [2.05, 4.69) is 5.48 Å². The number of carbonyl (C=O) groups excluding carboxylic acids is 1. The van der Waals surface area contributed by atoms with E-state index in [1.807, 2.05) is 0 Å². The van der Waals surface area contributed by atoms with Gasteiger partial charge in [0.05, 0.1) is 6.61 Å². The zero-order valence-corrected chi connectivity index (χ0v) is 23.9. The molecule has 1 N–H and O–H groups in total. The lowest BCUT2D eigenvalue weighted by atomic mass is 10.0. The number of rotatable bonds is 10. The fraction of sp³-hybridized carbons (Fsp3) is 0.571. The zero-order chi connectivity index (χ0) is 28.9. The summed E-state index contributed by atoms with van der Waals surface area (Å²) >= 11 is 0. The average molecular weight is 581 g/mol. The number of nitrogens with one attached hydrogen (secondary N) is 1. The molecule has 0 radical (unpaired) electrons. The molecule has 2 unspecified atom stereocenters. The normalized spacial score (nSPS) is 21.4. The van der Waals surface area contributed by atoms with Gasteiger partial charge in [-0.15, -0.1) is 0 Å². The van der Waals surface area contributed by atoms with Crippen LogP contribution in [0.15, 0.2) is 35.3 Å². The SMILES string of the molecule is Cc1c(OC2CCCCO2)ccc(-c2ccn(CC[C@](C)(C(=O)NOC3CCCCO3)S(C)(=O)=O)c(=O)c2)c1F. The molecule has 0 bridgehead atoms. The molecule has 3 atom stereocenters. The van der Waals surface area contributed by atoms with Gasteiger partial charge in [-0.05, 0) is 69.7 Å². The largest absolute Gasteiger partial charge is 0.465 e. The van der Waals surface area contributed by atoms with Gasteiger partial charge in [0.15, 0.2) is 27.2 Å². The Balaban J connectivity index is 1.46. The number of benzene rings is 1. The zero-order valence-electron chi connectivity index (χ0n) is 23.1. The lowest BCUT2D eigenvalue weighted by Gasteiger charge is -2.28. The number of sulfone groups is 1. The van der Waals surface area contributed by atoms with Crippen LogP contribution in [0.5, 0.6) is 5.75 Å². The quantitative estimate of drug-likeness (QED) is 0.423. The Bertz CT molecular complexity index is 1370. The van der Waals surface area contributed by atoms with Crippen molar-refractivity contribution < 1.29 is 36.7 Å². The fourth-order valence-corrected chi connectivity index (χ4v) is 5.50. The molecule has 40 heavy (non-hydrogen) atoms. The molecule has 10 nitrogen and oxygen atoms in total. The summed E-state index contributed by atoms with van der Waals surface area (Å²) in [5.74, 6) is -0.958. The third kappa shape index (κ3) is 6.91. The van der Waals surface area contributed by atoms with Gasteiger partial charge in [0, 0.05) is 55.6 Å². The van der Waals surface area contributed by atoms with Crippen LogP contribution in [-0.2, 0) is 35.5 Å². The predicted molar refractivity (Wildman–Crippen MR) is 146 cm³/mol. The number of aryl methyl sites for hydroxylation is 1. The second kappa shape index (κ2) is 12.8. The van der Waals surface area contributed by atoms with Crippen molar-refractivity contribution in [3.05, 3.63) is 52.2 Å². The highest BCUT2D eigenvalue weighted by Gasteiger charge is 2.44. The van der Waals surface area contributed by atoms with Crippen LogP contribution in [0.2, 0.25) is 0 Å². The van der Waals surface area contributed by atoms with E-state index >= 15 is 4.39 Å². The summed E-state index contributed by atoms with van der Waals surface area (Å²) < 4.78 is 56.8. The highest BCUT2D eigenvalue weighted by molar-refractivity contribution is 7.92. The van der Waals surface area contributed by atoms with Crippen LogP contribution in [0.1, 0.15) is 57.4 Å². The van der Waals surface area contributed by atoms with Crippen molar-refractivity contribution in [2.24, 2.45) is 0 Å². The molecule has 3 heterocycles. The molecule has 1 aromatic carbocycles. The molecule has 0 spiro atoms. The third-order valence-corrected chi connectivity index (χ3v) is 9.62. The first-order valence-corrected chi connectivity index (χ1v) is 15.4. The number of amides is 1. The summed E-state index contributed by atoms with van der Waals surface area (Å²) in [6.07, 6.45) is 6.24. The van der Waals surface area contributed by atoms with Gasteiger partial charge in [-0.1, -0.05) is 0 Å². The lowest BCUT2D eigenvalue weighted by Crippen LogP contribution is -2.51. The second-order valence-corrected chi connectivity index (χ2v) is 13.0. The molecule has 2 aromatic rings. The number of hydrogen-bond donors (Lipinski definition) is 1. The van der Waals surface area contributed by atoms with Crippen LogP contribution in [-0.4, -0.2) is 55.7 Å². The van der Waals surface area contributed by atoms with Crippen LogP contribution in [0.3, 0.4) is 0 Å². The maximum absolute atomic E-state index is 15.3. The van der Waals surface area contributed by atoms with Gasteiger partial charge in [-0.3, -0.25) is 9.59 Å². The standard InChI is InChI=1S/C28H37FN2O8S/c1-19-22(38-24-8-4-6-16-36-24)11-10-21(26(19)29)20-12-14-31(23(32)18-20)15-13-28(2,40(3,34)35)27(33)30-39-25-9-5-7-17-37-25/h10-12,14,18,24-25H,4-9,13,15-17H2,1-3H3,(H,30,33)/t24?,25?,28-/m1/s1. The van der Waals surface area contributed by atoms with E-state index in [1.54, 1.807) is 25.1 Å². The molecule has 0 aliphatic carbocycles. The van der Waals surface area contributed by atoms with Crippen LogP contribution in [0.25, 0.3) is 11.1 Å². The van der Waals surface area contributed by atoms with Gasteiger partial charge in [-0.2, -0.15) is 0 Å². The first kappa shape index (κ1) is 30.2. The monoisotopic (exact) mass is 580 g/mol. The highest BCUT2D eigenvalue weighted by atomic mass is 32.2. The van der Waals surface area contributed by atoms with E-state index < -0.39 is 44.4 Å². The van der Waals surface area contributed by atoms with E-state index in [0.717, 1.165) is 38.4 Å². The Morgan fingerprint density at radius 3 is 2.40 bits per heavy atom. The Morgan fingerprint density at radius 1 is 1.12 bits per heavy atom. The number of hydrogen-bond acceptors (Lipinski definition) is 8. The summed E-state index contributed by atoms with van der Waals surface area (Å²) in [7, 11) is -3.89. The molecule has 0 saturated carbocycles. The maximum atomic E-state index is 15.3. The van der Waals surface area contributed by atoms with Crippen molar-refractivity contribution in [3.63, 3.8) is 0 Å². The van der Waals surface area contributed by atoms with Gasteiger partial charge >= 0.3 is 0 Å². The molecule has 220 valence electrons. The summed E-state index contributed by atoms with van der Waals surface area (Å²) in [5, 5.41) is 0. The van der Waals surface area contributed by atoms with E-state index in [1.165, 1.54) is 23.8 Å². The molecule has 2 aliphatic heterocycles. The number of nitrogens with zero attached hydrogens (tertiary/aromatic N) is 1. The van der Waals surface area contributed by atoms with Crippen LogP contribution >= 0.6 is 0 Å². The Morgan fingerprint density at radius 2 is 1.80 bits per heavy atom. The Kier molecular flexibility index (Phi) is 9.65. The molecule has 1 amide bonds. The molecular weight excluding hydrogens is 543 g/mol. The summed E-state index contributed by atoms with van der Waals surface area (Å²) in [6.45, 7) is 3.95. The van der Waals surface area contributed by atoms with Crippen LogP contribution < -0.4 is 15.8 Å². The van der Waals surface area contributed by atoms with Gasteiger partial charge in [-0.25, -0.2) is 23.1 Å². The summed E-state index contributed by atoms with van der Waals surface area (Å²) in [5.41, 5.74) is 2.68. The molecule has 2 aliphatic rings. The smallest absolute Gasteiger partial charge is 0.264 e. The third-order valence-electron chi connectivity index (χ3n) is 7.59. The van der Waals surface area contributed by atoms with Crippen molar-refractivity contribution in [2.75, 3.05) is 19.5 Å². The molecular formula is C28H37FN2O8S. The van der Waals surface area contributed by atoms with E-state index in [4.69, 9.17) is 19.0 Å². The van der Waals surface area contributed by atoms with E-state index in [-0.39, 0.29) is 18.5 Å². The lowest BCUT2D eigenvalue weighted by molar-refractivity contribution is -0.201. The topological polar surface area (TPSA) is 122 Å². The van der Waals surface area contributed by atoms with Gasteiger partial charge in [0.2, 0.25) is 0 Å². The minimum absolute atomic E-state index is 0.0638. The van der Waals surface area contributed by atoms with Crippen LogP contribution in [0.4, 0.5) is 4.39 Å². The minimum atomic E-state index is -3.89. The number of pyridine rings is 1. The van der Waals surface area contributed by atoms with Crippen molar-refractivity contribution in [1.29, 1.82) is 0 Å². The van der Waals surface area contributed by atoms with Gasteiger partial charge < -0.3 is 18.8 Å². The second-order valence-electron chi connectivity index (χ2n) is 10.5. The minimum Gasteiger partial charge on any atom is -0.465 e. The molecule has 2 saturated heterocycles. The molecule has 4 rings (SSSR count). The first-order valence-electron chi connectivity index (χ1n) is 13.5. The number of carbonyl (C=O) groups is 1. The van der Waals surface area contributed by atoms with E-state index in [9.17, 15) is 18.0 Å². The van der Waals surface area contributed by atoms with Gasteiger partial charge in [0.1, 0.15) is 11.6 Å². The maximum Gasteiger partial charge on any atom is 0.264 e. The summed E-state index contributed by atoms with van der Waals surface area (Å²) in [4.78, 5) is 31.1. The molecule has 12 heteroatoms. The molecule has 1 aromatic heterocycles. The predicted octanol–water partition coefficient (Wildman–Crippen LogP) is 3.64. The number of ether oxygens (including phenoxy) is 3. The highest BCUT2D eigenvalue weighted by Crippen LogP contribution is 2.31. The number of hydroxylamine groups is 1. The van der Waals surface area contributed by atoms with Gasteiger partial charge in [0.25, 0.3) is 11.5 Å². The van der Waals surface area contributed by atoms with Crippen molar-refractivity contribution in [1.82, 2.24) is 10.0 Å². The average Bonchev–Trinajstić information content (AvgIpc) is 2.94. The molecule has 2 fully saturated rings. The number of halogens is 1. The Hall–Kier alpha value is -2.80. The van der Waals surface area contributed by atoms with Crippen molar-refractivity contribution in [2.45, 2.75) is 82.7 Å². The fourth-order valence-electron chi connectivity index (χ4n) is 4.66. The first-order chi connectivity index (χ1) is 19.0. The summed E-state index contributed by atoms with van der Waals surface area (Å²) in [6, 6.07) is 6.07. The van der Waals surface area contributed by atoms with Crippen molar-refractivity contribution >= 4 is 15.7 Å². The van der Waals surface area contributed by atoms with Crippen molar-refractivity contribution in [3.8, 4) is 16.9 Å².